The number of sulfonamides is 1. The van der Waals surface area contributed by atoms with Crippen LogP contribution in [0.1, 0.15) is 29.9 Å². The summed E-state index contributed by atoms with van der Waals surface area (Å²) >= 11 is 0. The molecule has 10 nitrogen and oxygen atoms in total. The molecule has 1 saturated heterocycles. The topological polar surface area (TPSA) is 127 Å². The molecule has 2 N–H and O–H groups in total. The van der Waals surface area contributed by atoms with Crippen molar-refractivity contribution in [2.45, 2.75) is 37.8 Å². The molecular formula is C23H25F4N5O5S. The van der Waals surface area contributed by atoms with Crippen molar-refractivity contribution in [3.8, 4) is 5.82 Å². The van der Waals surface area contributed by atoms with E-state index in [0.717, 1.165) is 10.6 Å². The van der Waals surface area contributed by atoms with E-state index >= 15 is 0 Å². The highest BCUT2D eigenvalue weighted by Crippen LogP contribution is 2.31. The molecule has 0 bridgehead atoms. The summed E-state index contributed by atoms with van der Waals surface area (Å²) in [4.78, 5) is 20.8. The third-order valence-corrected chi connectivity index (χ3v) is 7.09. The lowest BCUT2D eigenvalue weighted by Gasteiger charge is -2.24. The second kappa shape index (κ2) is 9.87. The van der Waals surface area contributed by atoms with Crippen LogP contribution in [0.3, 0.4) is 0 Å². The highest BCUT2D eigenvalue weighted by molar-refractivity contribution is 7.88. The highest BCUT2D eigenvalue weighted by Gasteiger charge is 2.39. The van der Waals surface area contributed by atoms with Crippen molar-refractivity contribution in [2.75, 3.05) is 26.0 Å². The summed E-state index contributed by atoms with van der Waals surface area (Å²) in [6.45, 7) is 2.83. The molecule has 206 valence electrons. The van der Waals surface area contributed by atoms with E-state index in [0.29, 0.717) is 17.6 Å². The van der Waals surface area contributed by atoms with Crippen LogP contribution >= 0.6 is 0 Å². The SMILES string of the molecule is CC(C)(O)CO[C@@H]1CN(S(C)(=O)=O)C[C@H]1NC(=O)c1cc2c(ccn2-c2ncc(C(F)(F)F)cc2F)cn1. The van der Waals surface area contributed by atoms with Gasteiger partial charge in [-0.05, 0) is 32.0 Å². The van der Waals surface area contributed by atoms with Crippen LogP contribution in [0.15, 0.2) is 36.8 Å². The van der Waals surface area contributed by atoms with Gasteiger partial charge in [-0.2, -0.15) is 17.5 Å². The van der Waals surface area contributed by atoms with Crippen molar-refractivity contribution >= 4 is 26.8 Å². The summed E-state index contributed by atoms with van der Waals surface area (Å²) in [7, 11) is -3.59. The van der Waals surface area contributed by atoms with Gasteiger partial charge >= 0.3 is 6.18 Å². The molecule has 0 saturated carbocycles. The lowest BCUT2D eigenvalue weighted by molar-refractivity contribution is -0.138. The summed E-state index contributed by atoms with van der Waals surface area (Å²) < 4.78 is 85.5. The molecule has 3 aromatic rings. The Morgan fingerprint density at radius 3 is 2.53 bits per heavy atom. The van der Waals surface area contributed by atoms with Gasteiger partial charge < -0.3 is 15.2 Å². The summed E-state index contributed by atoms with van der Waals surface area (Å²) in [6, 6.07) is 2.42. The van der Waals surface area contributed by atoms with Crippen molar-refractivity contribution in [3.63, 3.8) is 0 Å². The van der Waals surface area contributed by atoms with Crippen LogP contribution in [0.25, 0.3) is 16.7 Å². The predicted molar refractivity (Wildman–Crippen MR) is 128 cm³/mol. The molecule has 0 radical (unpaired) electrons. The third kappa shape index (κ3) is 6.11. The lowest BCUT2D eigenvalue weighted by atomic mass is 10.1. The van der Waals surface area contributed by atoms with Crippen LogP contribution in [0.5, 0.6) is 0 Å². The average molecular weight is 560 g/mol. The minimum Gasteiger partial charge on any atom is -0.388 e. The van der Waals surface area contributed by atoms with Gasteiger partial charge in [0, 0.05) is 37.1 Å². The fourth-order valence-electron chi connectivity index (χ4n) is 3.97. The lowest BCUT2D eigenvalue weighted by Crippen LogP contribution is -2.45. The Morgan fingerprint density at radius 2 is 1.92 bits per heavy atom. The zero-order valence-corrected chi connectivity index (χ0v) is 21.3. The van der Waals surface area contributed by atoms with Gasteiger partial charge in [0.25, 0.3) is 5.91 Å². The molecule has 0 aromatic carbocycles. The first-order valence-electron chi connectivity index (χ1n) is 11.3. The smallest absolute Gasteiger partial charge is 0.388 e. The van der Waals surface area contributed by atoms with Crippen molar-refractivity contribution < 1.29 is 40.6 Å². The number of aromatic nitrogens is 3. The van der Waals surface area contributed by atoms with E-state index in [2.05, 4.69) is 15.3 Å². The Kier molecular flexibility index (Phi) is 7.24. The van der Waals surface area contributed by atoms with Crippen LogP contribution in [0, 0.1) is 5.82 Å². The summed E-state index contributed by atoms with van der Waals surface area (Å²) in [6.07, 6.45) is -1.25. The Bertz CT molecular complexity index is 1470. The molecule has 0 unspecified atom stereocenters. The number of nitrogens with zero attached hydrogens (tertiary/aromatic N) is 4. The van der Waals surface area contributed by atoms with Crippen LogP contribution in [0.4, 0.5) is 17.6 Å². The van der Waals surface area contributed by atoms with Gasteiger partial charge in [-0.1, -0.05) is 0 Å². The zero-order chi connectivity index (χ0) is 28.0. The van der Waals surface area contributed by atoms with Gasteiger partial charge in [-0.15, -0.1) is 0 Å². The molecule has 1 aliphatic rings. The monoisotopic (exact) mass is 559 g/mol. The minimum atomic E-state index is -4.76. The molecule has 38 heavy (non-hydrogen) atoms. The molecule has 4 rings (SSSR count). The Hall–Kier alpha value is -3.14. The number of carbonyl (C=O) groups is 1. The van der Waals surface area contributed by atoms with Crippen molar-refractivity contribution in [2.24, 2.45) is 0 Å². The van der Waals surface area contributed by atoms with Crippen molar-refractivity contribution in [1.29, 1.82) is 0 Å². The van der Waals surface area contributed by atoms with E-state index in [-0.39, 0.29) is 30.9 Å². The molecule has 4 heterocycles. The third-order valence-electron chi connectivity index (χ3n) is 5.85. The van der Waals surface area contributed by atoms with Crippen LogP contribution < -0.4 is 5.32 Å². The van der Waals surface area contributed by atoms with Gasteiger partial charge in [0.2, 0.25) is 10.0 Å². The van der Waals surface area contributed by atoms with Gasteiger partial charge in [-0.3, -0.25) is 14.3 Å². The van der Waals surface area contributed by atoms with E-state index in [4.69, 9.17) is 4.74 Å². The van der Waals surface area contributed by atoms with Gasteiger partial charge in [0.15, 0.2) is 11.6 Å². The number of fused-ring (bicyclic) bond motifs is 1. The summed E-state index contributed by atoms with van der Waals surface area (Å²) in [5, 5.41) is 13.1. The number of hydrogen-bond donors (Lipinski definition) is 2. The standard InChI is InChI=1S/C23H25F4N5O5S/c1-22(2,34)12-37-19-11-31(38(3,35)36)10-17(19)30-21(33)16-7-18-13(8-28-16)4-5-32(18)20-15(24)6-14(9-29-20)23(25,26)27/h4-9,17,19,34H,10-12H2,1-3H3,(H,30,33)/t17-,19-/m1/s1. The molecule has 2 atom stereocenters. The number of rotatable bonds is 7. The number of halogens is 4. The van der Waals surface area contributed by atoms with E-state index in [1.165, 1.54) is 42.9 Å². The van der Waals surface area contributed by atoms with Crippen LogP contribution in [-0.2, 0) is 20.9 Å². The molecule has 1 fully saturated rings. The summed E-state index contributed by atoms with van der Waals surface area (Å²) in [5.41, 5.74) is -2.27. The number of alkyl halides is 3. The minimum absolute atomic E-state index is 0.0337. The Morgan fingerprint density at radius 1 is 1.21 bits per heavy atom. The van der Waals surface area contributed by atoms with Crippen molar-refractivity contribution in [1.82, 2.24) is 24.2 Å². The van der Waals surface area contributed by atoms with Gasteiger partial charge in [0.1, 0.15) is 5.69 Å². The Balaban J connectivity index is 1.60. The fourth-order valence-corrected chi connectivity index (χ4v) is 4.82. The fraction of sp³-hybridized carbons (Fsp3) is 0.435. The largest absolute Gasteiger partial charge is 0.417 e. The Labute approximate surface area is 215 Å². The van der Waals surface area contributed by atoms with E-state index < -0.39 is 57.1 Å². The van der Waals surface area contributed by atoms with E-state index in [1.54, 1.807) is 0 Å². The molecular weight excluding hydrogens is 534 g/mol. The van der Waals surface area contributed by atoms with Gasteiger partial charge in [-0.25, -0.2) is 17.8 Å². The number of nitrogens with one attached hydrogen (secondary N) is 1. The molecule has 1 amide bonds. The summed E-state index contributed by atoms with van der Waals surface area (Å²) in [5.74, 6) is -2.29. The maximum absolute atomic E-state index is 14.6. The zero-order valence-electron chi connectivity index (χ0n) is 20.5. The van der Waals surface area contributed by atoms with Crippen LogP contribution in [0.2, 0.25) is 0 Å². The number of ether oxygens (including phenoxy) is 1. The average Bonchev–Trinajstić information content (AvgIpc) is 3.40. The van der Waals surface area contributed by atoms with Crippen molar-refractivity contribution in [3.05, 3.63) is 53.9 Å². The second-order valence-corrected chi connectivity index (χ2v) is 11.6. The maximum Gasteiger partial charge on any atom is 0.417 e. The molecule has 15 heteroatoms. The molecule has 0 aliphatic carbocycles. The number of amides is 1. The normalized spacial score (nSPS) is 19.3. The quantitative estimate of drug-likeness (QED) is 0.425. The maximum atomic E-state index is 14.6. The highest BCUT2D eigenvalue weighted by atomic mass is 32.2. The molecule has 1 aliphatic heterocycles. The first kappa shape index (κ1) is 27.9. The predicted octanol–water partition coefficient (Wildman–Crippen LogP) is 2.11. The molecule has 0 spiro atoms. The number of pyridine rings is 2. The second-order valence-electron chi connectivity index (χ2n) is 9.66. The van der Waals surface area contributed by atoms with Gasteiger partial charge in [0.05, 0.1) is 41.7 Å². The van der Waals surface area contributed by atoms with E-state index in [1.807, 2.05) is 0 Å². The number of hydrogen-bond acceptors (Lipinski definition) is 7. The first-order valence-corrected chi connectivity index (χ1v) is 13.2. The van der Waals surface area contributed by atoms with Crippen LogP contribution in [-0.4, -0.2) is 82.0 Å². The van der Waals surface area contributed by atoms with E-state index in [9.17, 15) is 35.9 Å². The number of carbonyl (C=O) groups excluding carboxylic acids is 1. The number of aliphatic hydroxyl groups is 1. The molecule has 3 aromatic heterocycles. The first-order chi connectivity index (χ1) is 17.5.